The third-order valence-electron chi connectivity index (χ3n) is 7.20. The van der Waals surface area contributed by atoms with Gasteiger partial charge in [0.15, 0.2) is 0 Å². The molecule has 2 unspecified atom stereocenters. The van der Waals surface area contributed by atoms with Crippen molar-refractivity contribution in [2.45, 2.75) is 43.6 Å². The molecule has 0 aromatic heterocycles. The number of amides is 3. The van der Waals surface area contributed by atoms with Crippen LogP contribution in [0.3, 0.4) is 0 Å². The number of ether oxygens (including phenoxy) is 1. The molecule has 178 valence electrons. The number of likely N-dealkylation sites (tertiary alicyclic amines) is 1. The second-order valence-corrected chi connectivity index (χ2v) is 9.56. The van der Waals surface area contributed by atoms with Crippen LogP contribution in [0.4, 0.5) is 11.4 Å². The fourth-order valence-electron chi connectivity index (χ4n) is 5.76. The van der Waals surface area contributed by atoms with E-state index in [1.165, 1.54) is 4.90 Å². The van der Waals surface area contributed by atoms with Crippen molar-refractivity contribution in [3.05, 3.63) is 59.6 Å². The second-order valence-electron chi connectivity index (χ2n) is 9.16. The lowest BCUT2D eigenvalue weighted by atomic mass is 9.70. The SMILES string of the molecule is C[C@H](CO)N1C(=O)[C@@H]2[C@@H](C(=O)Nc3ccccc3)[C@H]3CCC2(O3)C1C(=O)Nc1ccccc1Cl. The lowest BCUT2D eigenvalue weighted by molar-refractivity contribution is -0.142. The largest absolute Gasteiger partial charge is 0.394 e. The Hall–Kier alpha value is -2.94. The van der Waals surface area contributed by atoms with Crippen LogP contribution in [0, 0.1) is 11.8 Å². The monoisotopic (exact) mass is 483 g/mol. The van der Waals surface area contributed by atoms with E-state index in [1.807, 2.05) is 18.2 Å². The highest BCUT2D eigenvalue weighted by atomic mass is 35.5. The number of hydrogen-bond acceptors (Lipinski definition) is 5. The van der Waals surface area contributed by atoms with Gasteiger partial charge in [-0.3, -0.25) is 14.4 Å². The van der Waals surface area contributed by atoms with Crippen LogP contribution in [0.25, 0.3) is 0 Å². The summed E-state index contributed by atoms with van der Waals surface area (Å²) in [4.78, 5) is 42.0. The van der Waals surface area contributed by atoms with Crippen molar-refractivity contribution in [1.29, 1.82) is 0 Å². The Labute approximate surface area is 202 Å². The molecule has 3 fully saturated rings. The van der Waals surface area contributed by atoms with Crippen LogP contribution in [0.2, 0.25) is 5.02 Å². The van der Waals surface area contributed by atoms with Gasteiger partial charge in [-0.15, -0.1) is 0 Å². The van der Waals surface area contributed by atoms with Gasteiger partial charge in [0.1, 0.15) is 11.6 Å². The molecule has 9 heteroatoms. The Morgan fingerprint density at radius 1 is 1.15 bits per heavy atom. The number of aliphatic hydroxyl groups is 1. The normalized spacial score (nSPS) is 30.2. The molecule has 3 N–H and O–H groups in total. The van der Waals surface area contributed by atoms with E-state index in [0.717, 1.165) is 0 Å². The number of rotatable bonds is 6. The average Bonchev–Trinajstić information content (AvgIpc) is 3.48. The number of carbonyl (C=O) groups is 3. The maximum absolute atomic E-state index is 13.7. The first-order valence-electron chi connectivity index (χ1n) is 11.4. The van der Waals surface area contributed by atoms with E-state index in [0.29, 0.717) is 29.2 Å². The van der Waals surface area contributed by atoms with Gasteiger partial charge in [0.25, 0.3) is 0 Å². The van der Waals surface area contributed by atoms with E-state index in [1.54, 1.807) is 43.3 Å². The molecule has 5 rings (SSSR count). The number of para-hydroxylation sites is 2. The summed E-state index contributed by atoms with van der Waals surface area (Å²) in [5.74, 6) is -2.65. The fraction of sp³-hybridized carbons (Fsp3) is 0.400. The van der Waals surface area contributed by atoms with Crippen molar-refractivity contribution in [2.24, 2.45) is 11.8 Å². The molecule has 0 saturated carbocycles. The average molecular weight is 484 g/mol. The molecule has 3 saturated heterocycles. The number of benzene rings is 2. The summed E-state index contributed by atoms with van der Waals surface area (Å²) in [6, 6.07) is 14.2. The Kier molecular flexibility index (Phi) is 5.83. The zero-order valence-electron chi connectivity index (χ0n) is 18.6. The summed E-state index contributed by atoms with van der Waals surface area (Å²) < 4.78 is 6.35. The van der Waals surface area contributed by atoms with Gasteiger partial charge in [0, 0.05) is 5.69 Å². The number of aliphatic hydroxyl groups excluding tert-OH is 1. The minimum absolute atomic E-state index is 0.306. The minimum Gasteiger partial charge on any atom is -0.394 e. The predicted octanol–water partition coefficient (Wildman–Crippen LogP) is 2.67. The second kappa shape index (κ2) is 8.69. The van der Waals surface area contributed by atoms with Crippen molar-refractivity contribution in [1.82, 2.24) is 4.90 Å². The summed E-state index contributed by atoms with van der Waals surface area (Å²) in [6.45, 7) is 1.35. The van der Waals surface area contributed by atoms with Crippen LogP contribution >= 0.6 is 11.6 Å². The molecule has 2 bridgehead atoms. The van der Waals surface area contributed by atoms with Crippen LogP contribution in [-0.4, -0.2) is 58.1 Å². The smallest absolute Gasteiger partial charge is 0.250 e. The number of carbonyl (C=O) groups excluding carboxylic acids is 3. The molecule has 34 heavy (non-hydrogen) atoms. The standard InChI is InChI=1S/C25H26ClN3O5/c1-14(13-30)29-21(23(32)28-17-10-6-5-9-16(17)26)25-12-11-18(34-25)19(20(25)24(29)33)22(31)27-15-7-3-2-4-8-15/h2-10,14,18-21,30H,11-13H2,1H3,(H,27,31)(H,28,32)/t14-,18-,19+,20+,21?,25?/m1/s1. The zero-order chi connectivity index (χ0) is 24.0. The Morgan fingerprint density at radius 3 is 2.56 bits per heavy atom. The first-order chi connectivity index (χ1) is 16.4. The zero-order valence-corrected chi connectivity index (χ0v) is 19.4. The molecule has 3 amide bonds. The van der Waals surface area contributed by atoms with E-state index < -0.39 is 41.5 Å². The summed E-state index contributed by atoms with van der Waals surface area (Å²) in [6.07, 6.45) is 0.576. The van der Waals surface area contributed by atoms with Gasteiger partial charge in [0.05, 0.1) is 41.3 Å². The first kappa shape index (κ1) is 22.8. The number of nitrogens with zero attached hydrogens (tertiary/aromatic N) is 1. The summed E-state index contributed by atoms with van der Waals surface area (Å²) in [7, 11) is 0. The molecule has 3 heterocycles. The topological polar surface area (TPSA) is 108 Å². The van der Waals surface area contributed by atoms with Gasteiger partial charge in [-0.1, -0.05) is 41.9 Å². The Bertz CT molecular complexity index is 1130. The summed E-state index contributed by atoms with van der Waals surface area (Å²) in [5.41, 5.74) is -0.0952. The van der Waals surface area contributed by atoms with E-state index in [9.17, 15) is 19.5 Å². The van der Waals surface area contributed by atoms with Gasteiger partial charge >= 0.3 is 0 Å². The van der Waals surface area contributed by atoms with Crippen LogP contribution in [0.1, 0.15) is 19.8 Å². The Balaban J connectivity index is 1.49. The van der Waals surface area contributed by atoms with E-state index in [2.05, 4.69) is 10.6 Å². The number of fused-ring (bicyclic) bond motifs is 1. The molecule has 6 atom stereocenters. The third kappa shape index (κ3) is 3.48. The number of nitrogens with one attached hydrogen (secondary N) is 2. The fourth-order valence-corrected chi connectivity index (χ4v) is 5.95. The Morgan fingerprint density at radius 2 is 1.85 bits per heavy atom. The predicted molar refractivity (Wildman–Crippen MR) is 126 cm³/mol. The van der Waals surface area contributed by atoms with Crippen LogP contribution in [0.15, 0.2) is 54.6 Å². The van der Waals surface area contributed by atoms with Gasteiger partial charge < -0.3 is 25.4 Å². The summed E-state index contributed by atoms with van der Waals surface area (Å²) in [5, 5.41) is 16.0. The van der Waals surface area contributed by atoms with E-state index >= 15 is 0 Å². The quantitative estimate of drug-likeness (QED) is 0.585. The van der Waals surface area contributed by atoms with Crippen LogP contribution in [-0.2, 0) is 19.1 Å². The number of anilines is 2. The van der Waals surface area contributed by atoms with Crippen molar-refractivity contribution in [3.8, 4) is 0 Å². The molecule has 0 aliphatic carbocycles. The summed E-state index contributed by atoms with van der Waals surface area (Å²) >= 11 is 6.24. The first-order valence-corrected chi connectivity index (χ1v) is 11.8. The molecule has 2 aromatic carbocycles. The minimum atomic E-state index is -1.14. The van der Waals surface area contributed by atoms with Crippen molar-refractivity contribution < 1.29 is 24.2 Å². The lowest BCUT2D eigenvalue weighted by Crippen LogP contribution is -2.55. The van der Waals surface area contributed by atoms with Gasteiger partial charge in [-0.2, -0.15) is 0 Å². The number of hydrogen-bond donors (Lipinski definition) is 3. The van der Waals surface area contributed by atoms with Gasteiger partial charge in [0.2, 0.25) is 17.7 Å². The van der Waals surface area contributed by atoms with Crippen molar-refractivity contribution in [3.63, 3.8) is 0 Å². The molecule has 3 aliphatic heterocycles. The highest BCUT2D eigenvalue weighted by Gasteiger charge is 2.74. The van der Waals surface area contributed by atoms with E-state index in [4.69, 9.17) is 16.3 Å². The maximum atomic E-state index is 13.7. The molecular weight excluding hydrogens is 458 g/mol. The van der Waals surface area contributed by atoms with Crippen molar-refractivity contribution in [2.75, 3.05) is 17.2 Å². The molecule has 2 aromatic rings. The molecular formula is C25H26ClN3O5. The molecule has 1 spiro atoms. The van der Waals surface area contributed by atoms with Gasteiger partial charge in [-0.25, -0.2) is 0 Å². The van der Waals surface area contributed by atoms with Crippen LogP contribution in [0.5, 0.6) is 0 Å². The lowest BCUT2D eigenvalue weighted by Gasteiger charge is -2.35. The van der Waals surface area contributed by atoms with Crippen LogP contribution < -0.4 is 10.6 Å². The maximum Gasteiger partial charge on any atom is 0.250 e. The highest BCUT2D eigenvalue weighted by molar-refractivity contribution is 6.33. The van der Waals surface area contributed by atoms with Gasteiger partial charge in [-0.05, 0) is 44.0 Å². The highest BCUT2D eigenvalue weighted by Crippen LogP contribution is 2.59. The van der Waals surface area contributed by atoms with Crippen molar-refractivity contribution >= 4 is 40.7 Å². The molecule has 8 nitrogen and oxygen atoms in total. The number of halogens is 1. The molecule has 0 radical (unpaired) electrons. The van der Waals surface area contributed by atoms with E-state index in [-0.39, 0.29) is 18.4 Å². The molecule has 3 aliphatic rings. The third-order valence-corrected chi connectivity index (χ3v) is 7.53.